The Hall–Kier alpha value is -2.67. The van der Waals surface area contributed by atoms with Crippen molar-refractivity contribution in [2.45, 2.75) is 38.8 Å². The van der Waals surface area contributed by atoms with Gasteiger partial charge >= 0.3 is 0 Å². The van der Waals surface area contributed by atoms with Crippen LogP contribution in [0.15, 0.2) is 48.5 Å². The highest BCUT2D eigenvalue weighted by molar-refractivity contribution is 7.80. The molecule has 0 amide bonds. The van der Waals surface area contributed by atoms with Gasteiger partial charge in [-0.1, -0.05) is 38.1 Å². The van der Waals surface area contributed by atoms with Crippen molar-refractivity contribution in [3.05, 3.63) is 71.3 Å². The molecule has 1 heterocycles. The molecule has 30 heavy (non-hydrogen) atoms. The quantitative estimate of drug-likeness (QED) is 0.556. The van der Waals surface area contributed by atoms with E-state index in [4.69, 9.17) is 12.2 Å². The van der Waals surface area contributed by atoms with Crippen LogP contribution in [0.1, 0.15) is 49.9 Å². The van der Waals surface area contributed by atoms with Gasteiger partial charge in [-0.05, 0) is 53.0 Å². The minimum atomic E-state index is -1.49. The number of carbonyl (C=O) groups is 2. The van der Waals surface area contributed by atoms with Gasteiger partial charge in [0, 0.05) is 12.8 Å². The fraction of sp³-hybridized carbons (Fsp3) is 0.348. The number of carbonyl (C=O) groups excluding carboxylic acids is 2. The number of rotatable bonds is 2. The van der Waals surface area contributed by atoms with Crippen LogP contribution in [0.2, 0.25) is 0 Å². The van der Waals surface area contributed by atoms with E-state index in [0.29, 0.717) is 11.1 Å². The average molecular weight is 429 g/mol. The summed E-state index contributed by atoms with van der Waals surface area (Å²) in [7, 11) is 0. The largest absolute Gasteiger partial charge is 0.354 e. The molecule has 2 fully saturated rings. The first kappa shape index (κ1) is 20.6. The van der Waals surface area contributed by atoms with Gasteiger partial charge in [0.05, 0.1) is 12.1 Å². The summed E-state index contributed by atoms with van der Waals surface area (Å²) < 4.78 is 27.1. The molecule has 2 aromatic carbocycles. The first-order chi connectivity index (χ1) is 14.1. The van der Waals surface area contributed by atoms with E-state index in [1.54, 1.807) is 24.3 Å². The molecule has 0 aromatic heterocycles. The second-order valence-electron chi connectivity index (χ2n) is 8.82. The van der Waals surface area contributed by atoms with Gasteiger partial charge in [0.1, 0.15) is 17.0 Å². The summed E-state index contributed by atoms with van der Waals surface area (Å²) in [5.41, 5.74) is -0.770. The molecule has 2 unspecified atom stereocenters. The maximum atomic E-state index is 13.7. The summed E-state index contributed by atoms with van der Waals surface area (Å²) in [5.74, 6) is -1.26. The van der Waals surface area contributed by atoms with Crippen LogP contribution in [-0.2, 0) is 9.59 Å². The van der Waals surface area contributed by atoms with Crippen molar-refractivity contribution in [1.29, 1.82) is 0 Å². The molecular formula is C23H22F2N2O2S. The van der Waals surface area contributed by atoms with Crippen LogP contribution < -0.4 is 10.6 Å². The van der Waals surface area contributed by atoms with Gasteiger partial charge in [-0.15, -0.1) is 0 Å². The van der Waals surface area contributed by atoms with Gasteiger partial charge in [-0.25, -0.2) is 8.78 Å². The fourth-order valence-corrected chi connectivity index (χ4v) is 4.96. The molecular weight excluding hydrogens is 406 g/mol. The lowest BCUT2D eigenvalue weighted by atomic mass is 9.55. The van der Waals surface area contributed by atoms with Crippen LogP contribution in [0.3, 0.4) is 0 Å². The van der Waals surface area contributed by atoms with Gasteiger partial charge in [-0.2, -0.15) is 0 Å². The molecule has 2 atom stereocenters. The first-order valence-electron chi connectivity index (χ1n) is 9.78. The molecule has 0 radical (unpaired) electrons. The van der Waals surface area contributed by atoms with Gasteiger partial charge in [0.2, 0.25) is 0 Å². The predicted octanol–water partition coefficient (Wildman–Crippen LogP) is 4.17. The SMILES string of the molecule is CC1(C)CC(=O)C2(C(=O)C1)C(c1ccc(F)cc1)NC(=S)NC2c1ccc(F)cc1. The molecule has 156 valence electrons. The maximum absolute atomic E-state index is 13.7. The van der Waals surface area contributed by atoms with Gasteiger partial charge in [0.15, 0.2) is 16.7 Å². The summed E-state index contributed by atoms with van der Waals surface area (Å²) >= 11 is 5.39. The highest BCUT2D eigenvalue weighted by Gasteiger charge is 2.63. The zero-order valence-electron chi connectivity index (χ0n) is 16.7. The van der Waals surface area contributed by atoms with E-state index in [2.05, 4.69) is 10.6 Å². The molecule has 1 aliphatic carbocycles. The predicted molar refractivity (Wildman–Crippen MR) is 113 cm³/mol. The highest BCUT2D eigenvalue weighted by atomic mass is 32.1. The van der Waals surface area contributed by atoms with Gasteiger partial charge in [-0.3, -0.25) is 9.59 Å². The number of Topliss-reactive ketones (excluding diaryl/α,β-unsaturated/α-hetero) is 2. The van der Waals surface area contributed by atoms with Crippen molar-refractivity contribution >= 4 is 28.9 Å². The van der Waals surface area contributed by atoms with E-state index in [1.165, 1.54) is 24.3 Å². The summed E-state index contributed by atoms with van der Waals surface area (Å²) in [4.78, 5) is 27.4. The Morgan fingerprint density at radius 1 is 0.800 bits per heavy atom. The third-order valence-corrected chi connectivity index (χ3v) is 6.30. The Bertz CT molecular complexity index is 939. The Morgan fingerprint density at radius 3 is 1.53 bits per heavy atom. The zero-order chi connectivity index (χ0) is 21.7. The molecule has 4 nitrogen and oxygen atoms in total. The Labute approximate surface area is 179 Å². The molecule has 1 saturated carbocycles. The Balaban J connectivity index is 1.93. The van der Waals surface area contributed by atoms with E-state index in [9.17, 15) is 18.4 Å². The minimum absolute atomic E-state index is 0.213. The van der Waals surface area contributed by atoms with E-state index in [0.717, 1.165) is 0 Å². The van der Waals surface area contributed by atoms with E-state index in [1.807, 2.05) is 13.8 Å². The number of benzene rings is 2. The lowest BCUT2D eigenvalue weighted by Crippen LogP contribution is -2.66. The monoisotopic (exact) mass is 428 g/mol. The third kappa shape index (κ3) is 3.31. The van der Waals surface area contributed by atoms with Crippen LogP contribution in [0.25, 0.3) is 0 Å². The number of thiocarbonyl (C=S) groups is 1. The maximum Gasteiger partial charge on any atom is 0.167 e. The molecule has 1 spiro atoms. The normalized spacial score (nSPS) is 25.0. The number of nitrogens with one attached hydrogen (secondary N) is 2. The first-order valence-corrected chi connectivity index (χ1v) is 10.2. The van der Waals surface area contributed by atoms with Gasteiger partial charge in [0.25, 0.3) is 0 Å². The van der Waals surface area contributed by atoms with Gasteiger partial charge < -0.3 is 10.6 Å². The van der Waals surface area contributed by atoms with Crippen molar-refractivity contribution in [2.24, 2.45) is 10.8 Å². The van der Waals surface area contributed by atoms with Crippen LogP contribution in [0.5, 0.6) is 0 Å². The van der Waals surface area contributed by atoms with E-state index in [-0.39, 0.29) is 29.5 Å². The van der Waals surface area contributed by atoms with Crippen molar-refractivity contribution in [2.75, 3.05) is 0 Å². The van der Waals surface area contributed by atoms with Crippen molar-refractivity contribution in [3.8, 4) is 0 Å². The second kappa shape index (κ2) is 7.23. The summed E-state index contributed by atoms with van der Waals surface area (Å²) in [6.45, 7) is 3.79. The summed E-state index contributed by atoms with van der Waals surface area (Å²) in [5, 5.41) is 6.46. The van der Waals surface area contributed by atoms with Crippen molar-refractivity contribution < 1.29 is 18.4 Å². The topological polar surface area (TPSA) is 58.2 Å². The molecule has 2 aromatic rings. The number of ketones is 2. The molecule has 1 aliphatic heterocycles. The lowest BCUT2D eigenvalue weighted by Gasteiger charge is -2.52. The number of hydrogen-bond donors (Lipinski definition) is 2. The molecule has 7 heteroatoms. The molecule has 0 bridgehead atoms. The van der Waals surface area contributed by atoms with Crippen LogP contribution in [-0.4, -0.2) is 16.7 Å². The smallest absolute Gasteiger partial charge is 0.167 e. The van der Waals surface area contributed by atoms with Crippen LogP contribution >= 0.6 is 12.2 Å². The van der Waals surface area contributed by atoms with Crippen LogP contribution in [0, 0.1) is 22.5 Å². The summed E-state index contributed by atoms with van der Waals surface area (Å²) in [6, 6.07) is 9.89. The van der Waals surface area contributed by atoms with E-state index < -0.39 is 34.5 Å². The average Bonchev–Trinajstić information content (AvgIpc) is 2.66. The van der Waals surface area contributed by atoms with Crippen LogP contribution in [0.4, 0.5) is 8.78 Å². The fourth-order valence-electron chi connectivity index (χ4n) is 4.72. The number of hydrogen-bond acceptors (Lipinski definition) is 3. The zero-order valence-corrected chi connectivity index (χ0v) is 17.5. The Kier molecular flexibility index (Phi) is 4.97. The molecule has 1 saturated heterocycles. The third-order valence-electron chi connectivity index (χ3n) is 6.07. The second-order valence-corrected chi connectivity index (χ2v) is 9.23. The molecule has 2 aliphatic rings. The molecule has 2 N–H and O–H groups in total. The standard InChI is InChI=1S/C23H22F2N2O2S/c1-22(2)11-17(28)23(18(29)12-22)19(13-3-7-15(24)8-4-13)26-21(30)27-20(23)14-5-9-16(25)10-6-14/h3-10,19-20H,11-12H2,1-2H3,(H2,26,27,30). The Morgan fingerprint density at radius 2 is 1.17 bits per heavy atom. The van der Waals surface area contributed by atoms with Crippen molar-refractivity contribution in [3.63, 3.8) is 0 Å². The number of halogens is 2. The van der Waals surface area contributed by atoms with Crippen molar-refractivity contribution in [1.82, 2.24) is 10.6 Å². The summed E-state index contributed by atoms with van der Waals surface area (Å²) in [6.07, 6.45) is 0.425. The highest BCUT2D eigenvalue weighted by Crippen LogP contribution is 2.54. The minimum Gasteiger partial charge on any atom is -0.354 e. The lowest BCUT2D eigenvalue weighted by molar-refractivity contribution is -0.154. The molecule has 4 rings (SSSR count). The van der Waals surface area contributed by atoms with E-state index >= 15 is 0 Å².